The molecule has 4 aromatic rings. The van der Waals surface area contributed by atoms with Crippen molar-refractivity contribution >= 4 is 35.0 Å². The van der Waals surface area contributed by atoms with E-state index in [0.29, 0.717) is 50.0 Å². The third kappa shape index (κ3) is 7.07. The second-order valence-electron chi connectivity index (χ2n) is 10.6. The van der Waals surface area contributed by atoms with E-state index >= 15 is 0 Å². The van der Waals surface area contributed by atoms with E-state index in [1.807, 2.05) is 69.3 Å². The number of hydrogen-bond donors (Lipinski definition) is 1. The molecular weight excluding hydrogens is 590 g/mol. The number of hydrogen-bond acceptors (Lipinski definition) is 8. The molecule has 232 valence electrons. The standard InChI is InChI=1S/C35H35N3O6S/c1-6-42-28-18-24(12-17-27(28)44-20-30(39)37-26-15-10-22(4)11-16-26)19-29-33(40)38-32(25-13-8-21(3)9-14-25)31(34(41)43-7-2)23(5)36-35(38)45-29/h8-19,32H,6-7,20H2,1-5H3,(H,37,39)/b29-19+/t32-/m1/s1. The summed E-state index contributed by atoms with van der Waals surface area (Å²) in [4.78, 5) is 44.7. The summed E-state index contributed by atoms with van der Waals surface area (Å²) in [6.07, 6.45) is 1.76. The molecule has 1 aliphatic heterocycles. The molecule has 0 aliphatic carbocycles. The third-order valence-corrected chi connectivity index (χ3v) is 8.15. The Hall–Kier alpha value is -4.96. The molecule has 0 saturated carbocycles. The van der Waals surface area contributed by atoms with Gasteiger partial charge in [-0.15, -0.1) is 0 Å². The maximum Gasteiger partial charge on any atom is 0.338 e. The minimum atomic E-state index is -0.677. The number of nitrogens with zero attached hydrogens (tertiary/aromatic N) is 2. The van der Waals surface area contributed by atoms with Crippen molar-refractivity contribution in [3.8, 4) is 11.5 Å². The lowest BCUT2D eigenvalue weighted by atomic mass is 9.95. The van der Waals surface area contributed by atoms with Gasteiger partial charge in [0.25, 0.3) is 11.5 Å². The first kappa shape index (κ1) is 31.5. The molecule has 1 atom stereocenters. The highest BCUT2D eigenvalue weighted by Crippen LogP contribution is 2.31. The van der Waals surface area contributed by atoms with Crippen LogP contribution in [-0.4, -0.2) is 36.3 Å². The second-order valence-corrected chi connectivity index (χ2v) is 11.6. The molecule has 10 heteroatoms. The van der Waals surface area contributed by atoms with Crippen molar-refractivity contribution in [2.75, 3.05) is 25.1 Å². The Morgan fingerprint density at radius 1 is 0.911 bits per heavy atom. The highest BCUT2D eigenvalue weighted by molar-refractivity contribution is 7.07. The van der Waals surface area contributed by atoms with Gasteiger partial charge in [0.05, 0.1) is 35.1 Å². The van der Waals surface area contributed by atoms with Crippen molar-refractivity contribution in [3.63, 3.8) is 0 Å². The first-order valence-electron chi connectivity index (χ1n) is 14.7. The van der Waals surface area contributed by atoms with Gasteiger partial charge in [-0.2, -0.15) is 0 Å². The van der Waals surface area contributed by atoms with E-state index in [0.717, 1.165) is 16.7 Å². The predicted octanol–water partition coefficient (Wildman–Crippen LogP) is 4.83. The Morgan fingerprint density at radius 2 is 1.60 bits per heavy atom. The molecular formula is C35H35N3O6S. The Labute approximate surface area is 265 Å². The molecule has 45 heavy (non-hydrogen) atoms. The lowest BCUT2D eigenvalue weighted by molar-refractivity contribution is -0.139. The van der Waals surface area contributed by atoms with Crippen LogP contribution in [0.3, 0.4) is 0 Å². The second kappa shape index (κ2) is 13.8. The SMILES string of the molecule is CCOC(=O)C1=C(C)N=c2s/c(=C/c3ccc(OCC(=O)Nc4ccc(C)cc4)c(OCC)c3)c(=O)n2[C@@H]1c1ccc(C)cc1. The van der Waals surface area contributed by atoms with Crippen LogP contribution >= 0.6 is 11.3 Å². The average Bonchev–Trinajstić information content (AvgIpc) is 3.31. The van der Waals surface area contributed by atoms with Crippen LogP contribution in [0.4, 0.5) is 5.69 Å². The minimum Gasteiger partial charge on any atom is -0.490 e. The van der Waals surface area contributed by atoms with E-state index in [1.54, 1.807) is 42.7 Å². The summed E-state index contributed by atoms with van der Waals surface area (Å²) < 4.78 is 19.0. The van der Waals surface area contributed by atoms with Crippen molar-refractivity contribution in [2.24, 2.45) is 4.99 Å². The number of carbonyl (C=O) groups is 2. The van der Waals surface area contributed by atoms with Gasteiger partial charge in [-0.05, 0) is 76.1 Å². The summed E-state index contributed by atoms with van der Waals surface area (Å²) in [5.74, 6) is 0.0546. The number of allylic oxidation sites excluding steroid dienone is 1. The fourth-order valence-corrected chi connectivity index (χ4v) is 6.03. The van der Waals surface area contributed by atoms with Crippen LogP contribution < -0.4 is 29.7 Å². The number of aromatic nitrogens is 1. The van der Waals surface area contributed by atoms with Crippen molar-refractivity contribution in [3.05, 3.63) is 120 Å². The van der Waals surface area contributed by atoms with Gasteiger partial charge in [-0.25, -0.2) is 9.79 Å². The van der Waals surface area contributed by atoms with Gasteiger partial charge in [0.15, 0.2) is 22.9 Å². The highest BCUT2D eigenvalue weighted by Gasteiger charge is 2.33. The van der Waals surface area contributed by atoms with E-state index in [2.05, 4.69) is 10.3 Å². The summed E-state index contributed by atoms with van der Waals surface area (Å²) >= 11 is 1.25. The number of benzene rings is 3. The molecule has 0 bridgehead atoms. The van der Waals surface area contributed by atoms with Gasteiger partial charge in [-0.3, -0.25) is 14.2 Å². The Morgan fingerprint density at radius 3 is 2.27 bits per heavy atom. The fraction of sp³-hybridized carbons (Fsp3) is 0.257. The van der Waals surface area contributed by atoms with E-state index < -0.39 is 12.0 Å². The van der Waals surface area contributed by atoms with Crippen molar-refractivity contribution in [1.29, 1.82) is 0 Å². The van der Waals surface area contributed by atoms with Gasteiger partial charge in [0, 0.05) is 5.69 Å². The molecule has 2 heterocycles. The molecule has 0 radical (unpaired) electrons. The monoisotopic (exact) mass is 625 g/mol. The highest BCUT2D eigenvalue weighted by atomic mass is 32.1. The number of anilines is 1. The molecule has 3 aromatic carbocycles. The fourth-order valence-electron chi connectivity index (χ4n) is 4.99. The molecule has 9 nitrogen and oxygen atoms in total. The summed E-state index contributed by atoms with van der Waals surface area (Å²) in [6.45, 7) is 9.71. The number of carbonyl (C=O) groups excluding carboxylic acids is 2. The smallest absolute Gasteiger partial charge is 0.338 e. The van der Waals surface area contributed by atoms with Crippen LogP contribution in [-0.2, 0) is 14.3 Å². The van der Waals surface area contributed by atoms with Crippen LogP contribution in [0.1, 0.15) is 49.1 Å². The van der Waals surface area contributed by atoms with Gasteiger partial charge >= 0.3 is 5.97 Å². The van der Waals surface area contributed by atoms with E-state index in [9.17, 15) is 14.4 Å². The van der Waals surface area contributed by atoms with E-state index in [-0.39, 0.29) is 24.7 Å². The number of nitrogens with one attached hydrogen (secondary N) is 1. The quantitative estimate of drug-likeness (QED) is 0.253. The number of amides is 1. The molecule has 1 amide bonds. The molecule has 0 spiro atoms. The van der Waals surface area contributed by atoms with Crippen molar-refractivity contribution < 1.29 is 23.8 Å². The number of rotatable bonds is 10. The summed E-state index contributed by atoms with van der Waals surface area (Å²) in [6, 6.07) is 19.8. The Bertz CT molecular complexity index is 1940. The largest absolute Gasteiger partial charge is 0.490 e. The average molecular weight is 626 g/mol. The van der Waals surface area contributed by atoms with E-state index in [4.69, 9.17) is 14.2 Å². The van der Waals surface area contributed by atoms with Gasteiger partial charge < -0.3 is 19.5 Å². The van der Waals surface area contributed by atoms with Crippen LogP contribution in [0, 0.1) is 13.8 Å². The van der Waals surface area contributed by atoms with Crippen molar-refractivity contribution in [2.45, 2.75) is 40.7 Å². The summed E-state index contributed by atoms with van der Waals surface area (Å²) in [5.41, 5.74) is 4.92. The topological polar surface area (TPSA) is 108 Å². The van der Waals surface area contributed by atoms with Gasteiger partial charge in [0.1, 0.15) is 0 Å². The van der Waals surface area contributed by atoms with Crippen LogP contribution in [0.15, 0.2) is 87.8 Å². The maximum absolute atomic E-state index is 13.9. The number of fused-ring (bicyclic) bond motifs is 1. The minimum absolute atomic E-state index is 0.201. The van der Waals surface area contributed by atoms with Crippen LogP contribution in [0.2, 0.25) is 0 Å². The molecule has 5 rings (SSSR count). The van der Waals surface area contributed by atoms with Gasteiger partial charge in [-0.1, -0.05) is 64.9 Å². The molecule has 1 N–H and O–H groups in total. The van der Waals surface area contributed by atoms with Crippen LogP contribution in [0.5, 0.6) is 11.5 Å². The third-order valence-electron chi connectivity index (χ3n) is 7.17. The van der Waals surface area contributed by atoms with Crippen molar-refractivity contribution in [1.82, 2.24) is 4.57 Å². The first-order valence-corrected chi connectivity index (χ1v) is 15.5. The van der Waals surface area contributed by atoms with Gasteiger partial charge in [0.2, 0.25) is 0 Å². The first-order chi connectivity index (χ1) is 21.7. The normalized spacial score (nSPS) is 14.4. The lowest BCUT2D eigenvalue weighted by Crippen LogP contribution is -2.39. The Balaban J connectivity index is 1.47. The number of thiazole rings is 1. The molecule has 0 saturated heterocycles. The zero-order valence-electron chi connectivity index (χ0n) is 25.9. The zero-order chi connectivity index (χ0) is 32.1. The molecule has 0 fully saturated rings. The molecule has 0 unspecified atom stereocenters. The Kier molecular flexibility index (Phi) is 9.63. The summed E-state index contributed by atoms with van der Waals surface area (Å²) in [5, 5.41) is 2.82. The van der Waals surface area contributed by atoms with Crippen LogP contribution in [0.25, 0.3) is 6.08 Å². The maximum atomic E-state index is 13.9. The predicted molar refractivity (Wildman–Crippen MR) is 174 cm³/mol. The number of aryl methyl sites for hydroxylation is 2. The summed E-state index contributed by atoms with van der Waals surface area (Å²) in [7, 11) is 0. The lowest BCUT2D eigenvalue weighted by Gasteiger charge is -2.24. The van der Waals surface area contributed by atoms with E-state index in [1.165, 1.54) is 11.3 Å². The number of ether oxygens (including phenoxy) is 3. The number of esters is 1. The molecule has 1 aliphatic rings. The zero-order valence-corrected chi connectivity index (χ0v) is 26.7. The molecule has 1 aromatic heterocycles.